The van der Waals surface area contributed by atoms with Crippen molar-refractivity contribution in [3.05, 3.63) is 23.4 Å². The molecule has 0 aromatic rings. The summed E-state index contributed by atoms with van der Waals surface area (Å²) in [4.78, 5) is 13.4. The van der Waals surface area contributed by atoms with Gasteiger partial charge in [-0.2, -0.15) is 0 Å². The quantitative estimate of drug-likeness (QED) is 0.623. The predicted octanol–water partition coefficient (Wildman–Crippen LogP) is 1.03. The second kappa shape index (κ2) is 3.48. The van der Waals surface area contributed by atoms with Gasteiger partial charge in [-0.25, -0.2) is 0 Å². The SMILES string of the molecule is CN1CCC2CCC=CC2=C(N)C1=O. The van der Waals surface area contributed by atoms with Crippen molar-refractivity contribution < 1.29 is 4.79 Å². The molecular weight excluding hydrogens is 176 g/mol. The average molecular weight is 192 g/mol. The fourth-order valence-corrected chi connectivity index (χ4v) is 2.19. The average Bonchev–Trinajstić information content (AvgIpc) is 2.32. The fraction of sp³-hybridized carbons (Fsp3) is 0.545. The summed E-state index contributed by atoms with van der Waals surface area (Å²) < 4.78 is 0. The number of nitrogens with two attached hydrogens (primary N) is 1. The summed E-state index contributed by atoms with van der Waals surface area (Å²) in [6.07, 6.45) is 7.42. The molecule has 0 spiro atoms. The molecule has 0 saturated heterocycles. The minimum atomic E-state index is -0.0194. The lowest BCUT2D eigenvalue weighted by atomic mass is 9.86. The second-order valence-corrected chi connectivity index (χ2v) is 4.06. The Morgan fingerprint density at radius 3 is 3.07 bits per heavy atom. The smallest absolute Gasteiger partial charge is 0.269 e. The minimum absolute atomic E-state index is 0.0194. The molecule has 1 unspecified atom stereocenters. The summed E-state index contributed by atoms with van der Waals surface area (Å²) in [6, 6.07) is 0. The summed E-state index contributed by atoms with van der Waals surface area (Å²) in [6.45, 7) is 0.821. The lowest BCUT2D eigenvalue weighted by Crippen LogP contribution is -2.30. The molecule has 2 aliphatic rings. The number of rotatable bonds is 0. The fourth-order valence-electron chi connectivity index (χ4n) is 2.19. The Bertz CT molecular complexity index is 317. The van der Waals surface area contributed by atoms with Crippen LogP contribution < -0.4 is 5.73 Å². The van der Waals surface area contributed by atoms with E-state index >= 15 is 0 Å². The number of nitrogens with zero attached hydrogens (tertiary/aromatic N) is 1. The summed E-state index contributed by atoms with van der Waals surface area (Å²) in [5.74, 6) is 0.475. The van der Waals surface area contributed by atoms with Gasteiger partial charge in [-0.3, -0.25) is 4.79 Å². The van der Waals surface area contributed by atoms with Gasteiger partial charge in [-0.15, -0.1) is 0 Å². The molecule has 2 rings (SSSR count). The normalized spacial score (nSPS) is 27.6. The highest BCUT2D eigenvalue weighted by atomic mass is 16.2. The molecule has 1 atom stereocenters. The van der Waals surface area contributed by atoms with Crippen molar-refractivity contribution in [2.24, 2.45) is 11.7 Å². The maximum Gasteiger partial charge on any atom is 0.269 e. The predicted molar refractivity (Wildman–Crippen MR) is 55.3 cm³/mol. The first-order chi connectivity index (χ1) is 6.70. The van der Waals surface area contributed by atoms with Crippen molar-refractivity contribution in [2.75, 3.05) is 13.6 Å². The van der Waals surface area contributed by atoms with Gasteiger partial charge in [0.25, 0.3) is 5.91 Å². The van der Waals surface area contributed by atoms with Gasteiger partial charge in [-0.05, 0) is 30.8 Å². The zero-order valence-corrected chi connectivity index (χ0v) is 8.49. The summed E-state index contributed by atoms with van der Waals surface area (Å²) in [5, 5.41) is 0. The second-order valence-electron chi connectivity index (χ2n) is 4.06. The first-order valence-corrected chi connectivity index (χ1v) is 5.12. The van der Waals surface area contributed by atoms with Crippen LogP contribution in [0.3, 0.4) is 0 Å². The van der Waals surface area contributed by atoms with E-state index in [-0.39, 0.29) is 5.91 Å². The Balaban J connectivity index is 2.39. The van der Waals surface area contributed by atoms with Crippen LogP contribution in [0, 0.1) is 5.92 Å². The van der Waals surface area contributed by atoms with Crippen LogP contribution >= 0.6 is 0 Å². The highest BCUT2D eigenvalue weighted by Gasteiger charge is 2.26. The van der Waals surface area contributed by atoms with Gasteiger partial charge >= 0.3 is 0 Å². The molecule has 76 valence electrons. The van der Waals surface area contributed by atoms with E-state index in [0.717, 1.165) is 31.4 Å². The van der Waals surface area contributed by atoms with Crippen molar-refractivity contribution >= 4 is 5.91 Å². The van der Waals surface area contributed by atoms with E-state index in [9.17, 15) is 4.79 Å². The molecule has 0 radical (unpaired) electrons. The third kappa shape index (κ3) is 1.43. The first-order valence-electron chi connectivity index (χ1n) is 5.12. The molecule has 1 aliphatic carbocycles. The Kier molecular flexibility index (Phi) is 2.32. The molecule has 1 heterocycles. The largest absolute Gasteiger partial charge is 0.394 e. The van der Waals surface area contributed by atoms with Crippen LogP contribution in [0.1, 0.15) is 19.3 Å². The Morgan fingerprint density at radius 1 is 1.50 bits per heavy atom. The lowest BCUT2D eigenvalue weighted by Gasteiger charge is -2.19. The van der Waals surface area contributed by atoms with Crippen molar-refractivity contribution in [1.29, 1.82) is 0 Å². The first kappa shape index (κ1) is 9.31. The maximum atomic E-state index is 11.7. The van der Waals surface area contributed by atoms with Crippen LogP contribution in [0.4, 0.5) is 0 Å². The van der Waals surface area contributed by atoms with Crippen LogP contribution in [0.25, 0.3) is 0 Å². The van der Waals surface area contributed by atoms with Crippen molar-refractivity contribution in [2.45, 2.75) is 19.3 Å². The number of hydrogen-bond acceptors (Lipinski definition) is 2. The van der Waals surface area contributed by atoms with Crippen molar-refractivity contribution in [3.8, 4) is 0 Å². The lowest BCUT2D eigenvalue weighted by molar-refractivity contribution is -0.125. The molecule has 3 nitrogen and oxygen atoms in total. The van der Waals surface area contributed by atoms with Gasteiger partial charge in [0.15, 0.2) is 0 Å². The Hall–Kier alpha value is -1.25. The van der Waals surface area contributed by atoms with Crippen LogP contribution in [0.15, 0.2) is 23.4 Å². The monoisotopic (exact) mass is 192 g/mol. The zero-order chi connectivity index (χ0) is 10.1. The molecule has 0 aromatic carbocycles. The number of allylic oxidation sites excluding steroid dienone is 3. The Morgan fingerprint density at radius 2 is 2.29 bits per heavy atom. The molecule has 3 heteroatoms. The maximum absolute atomic E-state index is 11.7. The molecule has 1 aliphatic heterocycles. The van der Waals surface area contributed by atoms with Crippen LogP contribution in [-0.4, -0.2) is 24.4 Å². The van der Waals surface area contributed by atoms with Gasteiger partial charge in [0.2, 0.25) is 0 Å². The molecule has 1 amide bonds. The van der Waals surface area contributed by atoms with E-state index in [1.54, 1.807) is 4.90 Å². The standard InChI is InChI=1S/C11H16N2O/c1-13-7-6-8-4-2-3-5-9(8)10(12)11(13)14/h3,5,8H,2,4,6-7,12H2,1H3. The molecule has 0 fully saturated rings. The molecule has 14 heavy (non-hydrogen) atoms. The third-order valence-electron chi connectivity index (χ3n) is 3.12. The molecule has 0 aromatic heterocycles. The summed E-state index contributed by atoms with van der Waals surface area (Å²) >= 11 is 0. The molecule has 0 bridgehead atoms. The van der Waals surface area contributed by atoms with Gasteiger partial charge in [-0.1, -0.05) is 12.2 Å². The van der Waals surface area contributed by atoms with Gasteiger partial charge in [0.05, 0.1) is 0 Å². The summed E-state index contributed by atoms with van der Waals surface area (Å²) in [5.41, 5.74) is 7.37. The number of hydrogen-bond donors (Lipinski definition) is 1. The number of fused-ring (bicyclic) bond motifs is 1. The van der Waals surface area contributed by atoms with E-state index in [2.05, 4.69) is 6.08 Å². The van der Waals surface area contributed by atoms with E-state index in [1.165, 1.54) is 0 Å². The van der Waals surface area contributed by atoms with Crippen LogP contribution in [-0.2, 0) is 4.79 Å². The van der Waals surface area contributed by atoms with Crippen molar-refractivity contribution in [3.63, 3.8) is 0 Å². The van der Waals surface area contributed by atoms with E-state index in [1.807, 2.05) is 13.1 Å². The van der Waals surface area contributed by atoms with Gasteiger partial charge in [0.1, 0.15) is 5.70 Å². The molecule has 0 saturated carbocycles. The highest BCUT2D eigenvalue weighted by molar-refractivity contribution is 5.94. The van der Waals surface area contributed by atoms with E-state index in [0.29, 0.717) is 11.6 Å². The van der Waals surface area contributed by atoms with E-state index < -0.39 is 0 Å². The number of amides is 1. The topological polar surface area (TPSA) is 46.3 Å². The minimum Gasteiger partial charge on any atom is -0.394 e. The number of likely N-dealkylation sites (N-methyl/N-ethyl adjacent to an activating group) is 1. The van der Waals surface area contributed by atoms with Gasteiger partial charge < -0.3 is 10.6 Å². The number of carbonyl (C=O) groups is 1. The molecular formula is C11H16N2O. The number of carbonyl (C=O) groups excluding carboxylic acids is 1. The Labute approximate surface area is 84.3 Å². The van der Waals surface area contributed by atoms with Crippen LogP contribution in [0.5, 0.6) is 0 Å². The van der Waals surface area contributed by atoms with E-state index in [4.69, 9.17) is 5.73 Å². The molecule has 2 N–H and O–H groups in total. The third-order valence-corrected chi connectivity index (χ3v) is 3.12. The summed E-state index contributed by atoms with van der Waals surface area (Å²) in [7, 11) is 1.82. The highest BCUT2D eigenvalue weighted by Crippen LogP contribution is 2.30. The zero-order valence-electron chi connectivity index (χ0n) is 8.49. The van der Waals surface area contributed by atoms with Gasteiger partial charge in [0, 0.05) is 13.6 Å². The van der Waals surface area contributed by atoms with Crippen molar-refractivity contribution in [1.82, 2.24) is 4.90 Å². The van der Waals surface area contributed by atoms with Crippen LogP contribution in [0.2, 0.25) is 0 Å².